The molecule has 0 atom stereocenters. The molecule has 0 saturated heterocycles. The van der Waals surface area contributed by atoms with Crippen molar-refractivity contribution in [2.45, 2.75) is 13.5 Å². The third kappa shape index (κ3) is 2.58. The molecule has 2 rings (SSSR count). The fourth-order valence-electron chi connectivity index (χ4n) is 1.42. The van der Waals surface area contributed by atoms with E-state index < -0.39 is 11.6 Å². The molecule has 1 N–H and O–H groups in total. The molecule has 4 heteroatoms. The summed E-state index contributed by atoms with van der Waals surface area (Å²) in [7, 11) is 0. The van der Waals surface area contributed by atoms with Crippen LogP contribution < -0.4 is 5.32 Å². The van der Waals surface area contributed by atoms with E-state index in [2.05, 4.69) is 5.32 Å². The van der Waals surface area contributed by atoms with E-state index in [0.29, 0.717) is 12.2 Å². The summed E-state index contributed by atoms with van der Waals surface area (Å²) in [5, 5.41) is 5.00. The molecule has 1 aromatic heterocycles. The second-order valence-corrected chi connectivity index (χ2v) is 4.54. The van der Waals surface area contributed by atoms with Crippen molar-refractivity contribution in [1.29, 1.82) is 0 Å². The maximum atomic E-state index is 12.9. The van der Waals surface area contributed by atoms with Crippen molar-refractivity contribution < 1.29 is 8.78 Å². The molecule has 0 saturated carbocycles. The van der Waals surface area contributed by atoms with Gasteiger partial charge in [0, 0.05) is 23.2 Å². The molecular formula is C12H11F2NS. The Kier molecular flexibility index (Phi) is 3.19. The molecule has 0 aliphatic carbocycles. The zero-order valence-electron chi connectivity index (χ0n) is 8.76. The Hall–Kier alpha value is -1.42. The Morgan fingerprint density at radius 2 is 1.88 bits per heavy atom. The van der Waals surface area contributed by atoms with E-state index in [1.165, 1.54) is 22.6 Å². The van der Waals surface area contributed by atoms with Gasteiger partial charge in [0.1, 0.15) is 11.6 Å². The van der Waals surface area contributed by atoms with Gasteiger partial charge >= 0.3 is 0 Å². The molecule has 0 unspecified atom stereocenters. The molecule has 84 valence electrons. The van der Waals surface area contributed by atoms with Gasteiger partial charge in [0.15, 0.2) is 0 Å². The van der Waals surface area contributed by atoms with Gasteiger partial charge in [-0.05, 0) is 36.1 Å². The Balaban J connectivity index is 2.07. The lowest BCUT2D eigenvalue weighted by Crippen LogP contribution is -1.99. The molecule has 1 nitrogen and oxygen atoms in total. The standard InChI is InChI=1S/C12H11F2NS/c1-8-2-3-16-12(8)7-15-11-5-9(13)4-10(14)6-11/h2-6,15H,7H2,1H3. The van der Waals surface area contributed by atoms with Crippen LogP contribution in [-0.2, 0) is 6.54 Å². The summed E-state index contributed by atoms with van der Waals surface area (Å²) in [5.41, 5.74) is 1.65. The SMILES string of the molecule is Cc1ccsc1CNc1cc(F)cc(F)c1. The van der Waals surface area contributed by atoms with Crippen LogP contribution in [0.25, 0.3) is 0 Å². The van der Waals surface area contributed by atoms with E-state index >= 15 is 0 Å². The summed E-state index contributed by atoms with van der Waals surface area (Å²) in [6.45, 7) is 2.60. The van der Waals surface area contributed by atoms with Crippen LogP contribution in [0.1, 0.15) is 10.4 Å². The molecule has 0 radical (unpaired) electrons. The molecule has 2 aromatic rings. The number of aryl methyl sites for hydroxylation is 1. The average Bonchev–Trinajstić information content (AvgIpc) is 2.59. The molecule has 0 aliphatic heterocycles. The van der Waals surface area contributed by atoms with Gasteiger partial charge in [-0.3, -0.25) is 0 Å². The minimum Gasteiger partial charge on any atom is -0.380 e. The summed E-state index contributed by atoms with van der Waals surface area (Å²) < 4.78 is 25.8. The minimum absolute atomic E-state index is 0.463. The third-order valence-electron chi connectivity index (χ3n) is 2.28. The number of hydrogen-bond acceptors (Lipinski definition) is 2. The van der Waals surface area contributed by atoms with E-state index in [-0.39, 0.29) is 0 Å². The number of rotatable bonds is 3. The monoisotopic (exact) mass is 239 g/mol. The predicted molar refractivity (Wildman–Crippen MR) is 62.7 cm³/mol. The number of benzene rings is 1. The number of halogens is 2. The van der Waals surface area contributed by atoms with Crippen LogP contribution >= 0.6 is 11.3 Å². The van der Waals surface area contributed by atoms with Gasteiger partial charge in [-0.25, -0.2) is 8.78 Å². The fourth-order valence-corrected chi connectivity index (χ4v) is 2.27. The average molecular weight is 239 g/mol. The highest BCUT2D eigenvalue weighted by molar-refractivity contribution is 7.10. The maximum Gasteiger partial charge on any atom is 0.128 e. The second-order valence-electron chi connectivity index (χ2n) is 3.54. The Morgan fingerprint density at radius 1 is 1.19 bits per heavy atom. The molecule has 1 aromatic carbocycles. The summed E-state index contributed by atoms with van der Waals surface area (Å²) in [6, 6.07) is 5.45. The first-order chi connectivity index (χ1) is 7.65. The lowest BCUT2D eigenvalue weighted by molar-refractivity contribution is 0.584. The third-order valence-corrected chi connectivity index (χ3v) is 3.31. The van der Waals surface area contributed by atoms with Gasteiger partial charge in [-0.15, -0.1) is 11.3 Å². The Labute approximate surface area is 96.7 Å². The van der Waals surface area contributed by atoms with Gasteiger partial charge in [0.05, 0.1) is 0 Å². The smallest absolute Gasteiger partial charge is 0.128 e. The van der Waals surface area contributed by atoms with E-state index in [1.54, 1.807) is 11.3 Å². The van der Waals surface area contributed by atoms with Crippen LogP contribution in [0.3, 0.4) is 0 Å². The van der Waals surface area contributed by atoms with Gasteiger partial charge in [-0.2, -0.15) is 0 Å². The van der Waals surface area contributed by atoms with Crippen molar-refractivity contribution >= 4 is 17.0 Å². The first-order valence-corrected chi connectivity index (χ1v) is 5.76. The zero-order valence-corrected chi connectivity index (χ0v) is 9.57. The van der Waals surface area contributed by atoms with Crippen LogP contribution in [-0.4, -0.2) is 0 Å². The van der Waals surface area contributed by atoms with Crippen LogP contribution in [0.2, 0.25) is 0 Å². The van der Waals surface area contributed by atoms with Gasteiger partial charge in [-0.1, -0.05) is 0 Å². The van der Waals surface area contributed by atoms with Crippen molar-refractivity contribution in [3.8, 4) is 0 Å². The molecule has 0 amide bonds. The summed E-state index contributed by atoms with van der Waals surface area (Å²) in [6.07, 6.45) is 0. The predicted octanol–water partition coefficient (Wildman–Crippen LogP) is 3.95. The molecule has 0 spiro atoms. The second kappa shape index (κ2) is 4.61. The largest absolute Gasteiger partial charge is 0.380 e. The topological polar surface area (TPSA) is 12.0 Å². The van der Waals surface area contributed by atoms with Crippen LogP contribution in [0.15, 0.2) is 29.6 Å². The van der Waals surface area contributed by atoms with Crippen molar-refractivity contribution in [3.63, 3.8) is 0 Å². The summed E-state index contributed by atoms with van der Waals surface area (Å²) in [5.74, 6) is -1.13. The zero-order chi connectivity index (χ0) is 11.5. The summed E-state index contributed by atoms with van der Waals surface area (Å²) >= 11 is 1.63. The van der Waals surface area contributed by atoms with E-state index in [4.69, 9.17) is 0 Å². The van der Waals surface area contributed by atoms with Crippen LogP contribution in [0.5, 0.6) is 0 Å². The molecule has 1 heterocycles. The number of thiophene rings is 1. The molecule has 0 fully saturated rings. The Morgan fingerprint density at radius 3 is 2.44 bits per heavy atom. The first-order valence-electron chi connectivity index (χ1n) is 4.88. The van der Waals surface area contributed by atoms with Crippen molar-refractivity contribution in [3.05, 3.63) is 51.7 Å². The van der Waals surface area contributed by atoms with Crippen molar-refractivity contribution in [2.75, 3.05) is 5.32 Å². The normalized spacial score (nSPS) is 10.4. The Bertz CT molecular complexity index is 473. The van der Waals surface area contributed by atoms with Crippen LogP contribution in [0, 0.1) is 18.6 Å². The van der Waals surface area contributed by atoms with E-state index in [1.807, 2.05) is 18.4 Å². The highest BCUT2D eigenvalue weighted by atomic mass is 32.1. The molecular weight excluding hydrogens is 228 g/mol. The first kappa shape index (κ1) is 11.1. The van der Waals surface area contributed by atoms with E-state index in [9.17, 15) is 8.78 Å². The quantitative estimate of drug-likeness (QED) is 0.855. The lowest BCUT2D eigenvalue weighted by Gasteiger charge is -2.06. The molecule has 0 bridgehead atoms. The van der Waals surface area contributed by atoms with E-state index in [0.717, 1.165) is 6.07 Å². The van der Waals surface area contributed by atoms with Gasteiger partial charge in [0.25, 0.3) is 0 Å². The summed E-state index contributed by atoms with van der Waals surface area (Å²) in [4.78, 5) is 1.17. The highest BCUT2D eigenvalue weighted by Crippen LogP contribution is 2.18. The lowest BCUT2D eigenvalue weighted by atomic mass is 10.2. The molecule has 0 aliphatic rings. The highest BCUT2D eigenvalue weighted by Gasteiger charge is 2.02. The maximum absolute atomic E-state index is 12.9. The number of nitrogens with one attached hydrogen (secondary N) is 1. The number of hydrogen-bond donors (Lipinski definition) is 1. The fraction of sp³-hybridized carbons (Fsp3) is 0.167. The van der Waals surface area contributed by atoms with Crippen molar-refractivity contribution in [1.82, 2.24) is 0 Å². The number of anilines is 1. The van der Waals surface area contributed by atoms with Crippen LogP contribution in [0.4, 0.5) is 14.5 Å². The van der Waals surface area contributed by atoms with Gasteiger partial charge < -0.3 is 5.32 Å². The minimum atomic E-state index is -0.564. The van der Waals surface area contributed by atoms with Crippen molar-refractivity contribution in [2.24, 2.45) is 0 Å². The van der Waals surface area contributed by atoms with Gasteiger partial charge in [0.2, 0.25) is 0 Å². The molecule has 16 heavy (non-hydrogen) atoms.